The first-order valence-corrected chi connectivity index (χ1v) is 8.16. The summed E-state index contributed by atoms with van der Waals surface area (Å²) in [6, 6.07) is 3.65. The average molecular weight is 293 g/mol. The molecular formula is C15H23N3OS. The SMILES string of the molecule is CCNc1cc(C(=O)NCC2(C)CCCS2)cc(C)n1. The highest BCUT2D eigenvalue weighted by atomic mass is 32.2. The first-order valence-electron chi connectivity index (χ1n) is 7.17. The predicted octanol–water partition coefficient (Wildman–Crippen LogP) is 2.84. The maximum Gasteiger partial charge on any atom is 0.251 e. The second-order valence-electron chi connectivity index (χ2n) is 5.50. The Morgan fingerprint density at radius 3 is 2.95 bits per heavy atom. The summed E-state index contributed by atoms with van der Waals surface area (Å²) in [7, 11) is 0. The number of hydrogen-bond donors (Lipinski definition) is 2. The van der Waals surface area contributed by atoms with E-state index in [1.807, 2.05) is 37.7 Å². The second-order valence-corrected chi connectivity index (χ2v) is 7.18. The van der Waals surface area contributed by atoms with Crippen LogP contribution in [0.15, 0.2) is 12.1 Å². The number of pyridine rings is 1. The lowest BCUT2D eigenvalue weighted by molar-refractivity contribution is 0.0950. The fraction of sp³-hybridized carbons (Fsp3) is 0.600. The van der Waals surface area contributed by atoms with Gasteiger partial charge in [-0.1, -0.05) is 0 Å². The highest BCUT2D eigenvalue weighted by Crippen LogP contribution is 2.36. The van der Waals surface area contributed by atoms with Crippen molar-refractivity contribution in [1.29, 1.82) is 0 Å². The van der Waals surface area contributed by atoms with E-state index in [2.05, 4.69) is 22.5 Å². The number of hydrogen-bond acceptors (Lipinski definition) is 4. The van der Waals surface area contributed by atoms with E-state index in [-0.39, 0.29) is 10.7 Å². The molecule has 5 heteroatoms. The van der Waals surface area contributed by atoms with Crippen molar-refractivity contribution in [3.05, 3.63) is 23.4 Å². The zero-order valence-electron chi connectivity index (χ0n) is 12.5. The van der Waals surface area contributed by atoms with E-state index in [4.69, 9.17) is 0 Å². The Hall–Kier alpha value is -1.23. The van der Waals surface area contributed by atoms with Crippen LogP contribution in [0, 0.1) is 6.92 Å². The molecule has 2 N–H and O–H groups in total. The second kappa shape index (κ2) is 6.48. The summed E-state index contributed by atoms with van der Waals surface area (Å²) in [5.41, 5.74) is 1.54. The first-order chi connectivity index (χ1) is 9.52. The fourth-order valence-electron chi connectivity index (χ4n) is 2.42. The number of carbonyl (C=O) groups is 1. The van der Waals surface area contributed by atoms with Gasteiger partial charge in [0.2, 0.25) is 0 Å². The highest BCUT2D eigenvalue weighted by molar-refractivity contribution is 8.00. The minimum atomic E-state index is -0.0108. The van der Waals surface area contributed by atoms with Gasteiger partial charge in [0, 0.05) is 29.1 Å². The van der Waals surface area contributed by atoms with E-state index in [0.29, 0.717) is 5.56 Å². The number of aromatic nitrogens is 1. The molecule has 0 spiro atoms. The van der Waals surface area contributed by atoms with Crippen LogP contribution in [0.1, 0.15) is 42.7 Å². The Balaban J connectivity index is 2.01. The van der Waals surface area contributed by atoms with Crippen LogP contribution in [-0.4, -0.2) is 34.5 Å². The molecule has 110 valence electrons. The maximum absolute atomic E-state index is 12.3. The van der Waals surface area contributed by atoms with Crippen molar-refractivity contribution in [2.24, 2.45) is 0 Å². The fourth-order valence-corrected chi connectivity index (χ4v) is 3.66. The first kappa shape index (κ1) is 15.2. The van der Waals surface area contributed by atoms with Crippen molar-refractivity contribution in [1.82, 2.24) is 10.3 Å². The van der Waals surface area contributed by atoms with Gasteiger partial charge in [0.1, 0.15) is 5.82 Å². The standard InChI is InChI=1S/C15H23N3OS/c1-4-16-13-9-12(8-11(2)18-13)14(19)17-10-15(3)6-5-7-20-15/h8-9H,4-7,10H2,1-3H3,(H,16,18)(H,17,19). The zero-order chi connectivity index (χ0) is 14.6. The number of thioether (sulfide) groups is 1. The normalized spacial score (nSPS) is 21.8. The summed E-state index contributed by atoms with van der Waals surface area (Å²) < 4.78 is 0.197. The van der Waals surface area contributed by atoms with Crippen LogP contribution in [0.5, 0.6) is 0 Å². The van der Waals surface area contributed by atoms with Crippen molar-refractivity contribution >= 4 is 23.5 Å². The van der Waals surface area contributed by atoms with Crippen molar-refractivity contribution in [3.8, 4) is 0 Å². The molecule has 0 aliphatic carbocycles. The largest absolute Gasteiger partial charge is 0.370 e. The van der Waals surface area contributed by atoms with Gasteiger partial charge < -0.3 is 10.6 Å². The summed E-state index contributed by atoms with van der Waals surface area (Å²) in [6.07, 6.45) is 2.42. The van der Waals surface area contributed by atoms with Gasteiger partial charge in [0.05, 0.1) is 0 Å². The Labute approximate surface area is 125 Å². The Bertz CT molecular complexity index is 484. The maximum atomic E-state index is 12.3. The molecule has 0 aromatic carbocycles. The number of nitrogens with one attached hydrogen (secondary N) is 2. The summed E-state index contributed by atoms with van der Waals surface area (Å²) in [4.78, 5) is 16.6. The molecule has 1 aromatic rings. The Morgan fingerprint density at radius 2 is 2.30 bits per heavy atom. The zero-order valence-corrected chi connectivity index (χ0v) is 13.3. The molecule has 1 amide bonds. The third-order valence-electron chi connectivity index (χ3n) is 3.50. The van der Waals surface area contributed by atoms with Gasteiger partial charge in [-0.15, -0.1) is 0 Å². The lowest BCUT2D eigenvalue weighted by Crippen LogP contribution is -2.36. The highest BCUT2D eigenvalue weighted by Gasteiger charge is 2.29. The molecule has 2 rings (SSSR count). The van der Waals surface area contributed by atoms with Crippen molar-refractivity contribution in [2.75, 3.05) is 24.2 Å². The van der Waals surface area contributed by atoms with Gasteiger partial charge in [0.15, 0.2) is 0 Å². The molecule has 1 saturated heterocycles. The molecule has 1 aliphatic rings. The molecule has 0 bridgehead atoms. The van der Waals surface area contributed by atoms with Gasteiger partial charge in [0.25, 0.3) is 5.91 Å². The molecule has 2 heterocycles. The molecular weight excluding hydrogens is 270 g/mol. The van der Waals surface area contributed by atoms with Gasteiger partial charge in [-0.05, 0) is 51.5 Å². The topological polar surface area (TPSA) is 54.0 Å². The van der Waals surface area contributed by atoms with Gasteiger partial charge in [-0.25, -0.2) is 4.98 Å². The van der Waals surface area contributed by atoms with Crippen molar-refractivity contribution < 1.29 is 4.79 Å². The quantitative estimate of drug-likeness (QED) is 0.876. The summed E-state index contributed by atoms with van der Waals surface area (Å²) in [5.74, 6) is 1.95. The molecule has 1 aromatic heterocycles. The molecule has 4 nitrogen and oxygen atoms in total. The van der Waals surface area contributed by atoms with E-state index in [0.717, 1.165) is 24.6 Å². The van der Waals surface area contributed by atoms with E-state index in [9.17, 15) is 4.79 Å². The lowest BCUT2D eigenvalue weighted by atomic mass is 10.1. The molecule has 0 saturated carbocycles. The predicted molar refractivity (Wildman–Crippen MR) is 85.6 cm³/mol. The van der Waals surface area contributed by atoms with Crippen LogP contribution in [0.2, 0.25) is 0 Å². The minimum absolute atomic E-state index is 0.0108. The third-order valence-corrected chi connectivity index (χ3v) is 5.04. The van der Waals surface area contributed by atoms with E-state index in [1.54, 1.807) is 0 Å². The number of nitrogens with zero attached hydrogens (tertiary/aromatic N) is 1. The van der Waals surface area contributed by atoms with Crippen molar-refractivity contribution in [2.45, 2.75) is 38.4 Å². The summed E-state index contributed by atoms with van der Waals surface area (Å²) in [6.45, 7) is 7.68. The lowest BCUT2D eigenvalue weighted by Gasteiger charge is -2.22. The number of anilines is 1. The van der Waals surface area contributed by atoms with Crippen LogP contribution in [0.25, 0.3) is 0 Å². The van der Waals surface area contributed by atoms with Gasteiger partial charge in [-0.3, -0.25) is 4.79 Å². The third kappa shape index (κ3) is 3.88. The summed E-state index contributed by atoms with van der Waals surface area (Å²) >= 11 is 1.96. The van der Waals surface area contributed by atoms with Crippen molar-refractivity contribution in [3.63, 3.8) is 0 Å². The van der Waals surface area contributed by atoms with Crippen LogP contribution < -0.4 is 10.6 Å². The smallest absolute Gasteiger partial charge is 0.251 e. The molecule has 1 fully saturated rings. The van der Waals surface area contributed by atoms with E-state index < -0.39 is 0 Å². The number of rotatable bonds is 5. The van der Waals surface area contributed by atoms with Crippen LogP contribution in [0.4, 0.5) is 5.82 Å². The molecule has 0 radical (unpaired) electrons. The summed E-state index contributed by atoms with van der Waals surface area (Å²) in [5, 5.41) is 6.22. The van der Waals surface area contributed by atoms with E-state index >= 15 is 0 Å². The molecule has 1 unspecified atom stereocenters. The Morgan fingerprint density at radius 1 is 1.50 bits per heavy atom. The van der Waals surface area contributed by atoms with Gasteiger partial charge in [-0.2, -0.15) is 11.8 Å². The average Bonchev–Trinajstić information content (AvgIpc) is 2.83. The molecule has 1 aliphatic heterocycles. The van der Waals surface area contributed by atoms with Crippen LogP contribution in [0.3, 0.4) is 0 Å². The molecule has 20 heavy (non-hydrogen) atoms. The Kier molecular flexibility index (Phi) is 4.91. The molecule has 1 atom stereocenters. The number of carbonyl (C=O) groups excluding carboxylic acids is 1. The van der Waals surface area contributed by atoms with Crippen LogP contribution >= 0.6 is 11.8 Å². The van der Waals surface area contributed by atoms with E-state index in [1.165, 1.54) is 18.6 Å². The number of aryl methyl sites for hydroxylation is 1. The minimum Gasteiger partial charge on any atom is -0.370 e. The van der Waals surface area contributed by atoms with Crippen LogP contribution in [-0.2, 0) is 0 Å². The monoisotopic (exact) mass is 293 g/mol. The number of amides is 1. The van der Waals surface area contributed by atoms with Gasteiger partial charge >= 0.3 is 0 Å².